The Bertz CT molecular complexity index is 901. The van der Waals surface area contributed by atoms with Crippen molar-refractivity contribution >= 4 is 29.5 Å². The lowest BCUT2D eigenvalue weighted by Crippen LogP contribution is -2.28. The number of aliphatic hydroxyl groups excluding tert-OH is 1. The zero-order valence-electron chi connectivity index (χ0n) is 17.9. The molecule has 0 aromatic heterocycles. The number of hydrogen-bond donors (Lipinski definition) is 3. The molecule has 0 unspecified atom stereocenters. The number of carbonyl (C=O) groups is 2. The Morgan fingerprint density at radius 2 is 1.94 bits per heavy atom. The SMILES string of the molecule is CCO[C@H](/C=C/C(=O)O)[C@H](OC(=O)Nc1ccc(SC)cc1)c1cccc(OCCO)c1. The van der Waals surface area contributed by atoms with E-state index in [1.54, 1.807) is 55.1 Å². The highest BCUT2D eigenvalue weighted by Crippen LogP contribution is 2.29. The molecule has 0 saturated heterocycles. The number of aliphatic hydroxyl groups is 1. The van der Waals surface area contributed by atoms with Gasteiger partial charge >= 0.3 is 12.1 Å². The van der Waals surface area contributed by atoms with Crippen LogP contribution in [0, 0.1) is 0 Å². The summed E-state index contributed by atoms with van der Waals surface area (Å²) in [6.07, 6.45) is 1.71. The van der Waals surface area contributed by atoms with Crippen LogP contribution in [-0.2, 0) is 14.3 Å². The Morgan fingerprint density at radius 1 is 1.19 bits per heavy atom. The van der Waals surface area contributed by atoms with Gasteiger partial charge in [0, 0.05) is 23.3 Å². The molecule has 0 spiro atoms. The van der Waals surface area contributed by atoms with E-state index in [1.807, 2.05) is 18.4 Å². The van der Waals surface area contributed by atoms with Gasteiger partial charge in [-0.1, -0.05) is 12.1 Å². The number of aliphatic carboxylic acids is 1. The minimum atomic E-state index is -1.15. The minimum absolute atomic E-state index is 0.106. The normalized spacial score (nSPS) is 12.8. The van der Waals surface area contributed by atoms with Crippen molar-refractivity contribution in [3.63, 3.8) is 0 Å². The topological polar surface area (TPSA) is 114 Å². The number of carboxylic acids is 1. The first-order chi connectivity index (χ1) is 15.5. The first-order valence-corrected chi connectivity index (χ1v) is 11.2. The Balaban J connectivity index is 2.29. The van der Waals surface area contributed by atoms with Crippen molar-refractivity contribution in [2.24, 2.45) is 0 Å². The maximum Gasteiger partial charge on any atom is 0.412 e. The molecule has 0 fully saturated rings. The van der Waals surface area contributed by atoms with Gasteiger partial charge in [-0.3, -0.25) is 5.32 Å². The summed E-state index contributed by atoms with van der Waals surface area (Å²) in [7, 11) is 0. The van der Waals surface area contributed by atoms with Crippen molar-refractivity contribution in [1.29, 1.82) is 0 Å². The van der Waals surface area contributed by atoms with Crippen molar-refractivity contribution < 1.29 is 34.0 Å². The van der Waals surface area contributed by atoms with Gasteiger partial charge in [0.25, 0.3) is 0 Å². The van der Waals surface area contributed by atoms with E-state index in [-0.39, 0.29) is 19.8 Å². The standard InChI is InChI=1S/C23H27NO7S/c1-3-29-20(11-12-21(26)27)22(16-5-4-6-18(15-16)30-14-13-25)31-23(28)24-17-7-9-19(32-2)10-8-17/h4-12,15,20,22,25H,3,13-14H2,1-2H3,(H,24,28)(H,26,27)/b12-11+/t20-,22-/m1/s1. The second-order valence-electron chi connectivity index (χ2n) is 6.44. The van der Waals surface area contributed by atoms with E-state index in [0.717, 1.165) is 11.0 Å². The minimum Gasteiger partial charge on any atom is -0.491 e. The summed E-state index contributed by atoms with van der Waals surface area (Å²) in [5.74, 6) is -0.678. The largest absolute Gasteiger partial charge is 0.491 e. The average molecular weight is 462 g/mol. The van der Waals surface area contributed by atoms with E-state index in [4.69, 9.17) is 24.4 Å². The van der Waals surface area contributed by atoms with E-state index in [1.165, 1.54) is 6.08 Å². The Labute approximate surface area is 191 Å². The summed E-state index contributed by atoms with van der Waals surface area (Å²) in [5, 5.41) is 20.7. The molecule has 0 aliphatic heterocycles. The molecule has 8 nitrogen and oxygen atoms in total. The van der Waals surface area contributed by atoms with E-state index in [0.29, 0.717) is 17.0 Å². The van der Waals surface area contributed by atoms with Crippen LogP contribution in [0.1, 0.15) is 18.6 Å². The van der Waals surface area contributed by atoms with E-state index < -0.39 is 24.3 Å². The van der Waals surface area contributed by atoms with Gasteiger partial charge < -0.3 is 24.4 Å². The van der Waals surface area contributed by atoms with Crippen LogP contribution in [0.2, 0.25) is 0 Å². The molecule has 172 valence electrons. The number of nitrogens with one attached hydrogen (secondary N) is 1. The van der Waals surface area contributed by atoms with Crippen LogP contribution in [0.15, 0.2) is 65.6 Å². The molecule has 32 heavy (non-hydrogen) atoms. The summed E-state index contributed by atoms with van der Waals surface area (Å²) in [6.45, 7) is 1.99. The monoisotopic (exact) mass is 461 g/mol. The maximum absolute atomic E-state index is 12.7. The zero-order valence-corrected chi connectivity index (χ0v) is 18.7. The Morgan fingerprint density at radius 3 is 2.56 bits per heavy atom. The van der Waals surface area contributed by atoms with Crippen molar-refractivity contribution in [3.8, 4) is 5.75 Å². The van der Waals surface area contributed by atoms with Gasteiger partial charge in [-0.2, -0.15) is 0 Å². The van der Waals surface area contributed by atoms with E-state index in [9.17, 15) is 9.59 Å². The third-order valence-corrected chi connectivity index (χ3v) is 4.95. The van der Waals surface area contributed by atoms with Gasteiger partial charge in [0.15, 0.2) is 6.10 Å². The van der Waals surface area contributed by atoms with Crippen LogP contribution >= 0.6 is 11.8 Å². The fourth-order valence-electron chi connectivity index (χ4n) is 2.82. The first-order valence-electron chi connectivity index (χ1n) is 9.94. The molecule has 0 aliphatic carbocycles. The molecule has 0 bridgehead atoms. The number of thioether (sulfide) groups is 1. The molecule has 2 aromatic carbocycles. The van der Waals surface area contributed by atoms with Crippen LogP contribution in [0.5, 0.6) is 5.75 Å². The second-order valence-corrected chi connectivity index (χ2v) is 7.32. The lowest BCUT2D eigenvalue weighted by molar-refractivity contribution is -0.131. The van der Waals surface area contributed by atoms with Crippen molar-refractivity contribution in [2.75, 3.05) is 31.4 Å². The van der Waals surface area contributed by atoms with Gasteiger partial charge in [0.05, 0.1) is 6.61 Å². The van der Waals surface area contributed by atoms with Crippen molar-refractivity contribution in [3.05, 3.63) is 66.2 Å². The maximum atomic E-state index is 12.7. The molecular formula is C23H27NO7S. The molecule has 0 radical (unpaired) electrons. The third kappa shape index (κ3) is 8.26. The van der Waals surface area contributed by atoms with Crippen LogP contribution in [-0.4, -0.2) is 54.5 Å². The highest BCUT2D eigenvalue weighted by Gasteiger charge is 2.27. The predicted octanol–water partition coefficient (Wildman–Crippen LogP) is 4.12. The molecule has 2 rings (SSSR count). The highest BCUT2D eigenvalue weighted by molar-refractivity contribution is 7.98. The molecule has 3 N–H and O–H groups in total. The van der Waals surface area contributed by atoms with Gasteiger partial charge in [0.1, 0.15) is 18.5 Å². The lowest BCUT2D eigenvalue weighted by atomic mass is 10.0. The quantitative estimate of drug-likeness (QED) is 0.320. The summed E-state index contributed by atoms with van der Waals surface area (Å²) < 4.78 is 16.8. The van der Waals surface area contributed by atoms with Crippen LogP contribution in [0.3, 0.4) is 0 Å². The molecule has 0 heterocycles. The van der Waals surface area contributed by atoms with E-state index >= 15 is 0 Å². The Hall–Kier alpha value is -3.01. The smallest absolute Gasteiger partial charge is 0.412 e. The average Bonchev–Trinajstić information content (AvgIpc) is 2.79. The van der Waals surface area contributed by atoms with E-state index in [2.05, 4.69) is 5.32 Å². The molecule has 9 heteroatoms. The van der Waals surface area contributed by atoms with Crippen molar-refractivity contribution in [1.82, 2.24) is 0 Å². The Kier molecular flexibility index (Phi) is 10.6. The zero-order chi connectivity index (χ0) is 23.3. The van der Waals surface area contributed by atoms with Gasteiger partial charge in [0.2, 0.25) is 0 Å². The molecule has 1 amide bonds. The van der Waals surface area contributed by atoms with Crippen LogP contribution in [0.4, 0.5) is 10.5 Å². The molecule has 0 saturated carbocycles. The molecular weight excluding hydrogens is 434 g/mol. The first kappa shape index (κ1) is 25.3. The number of rotatable bonds is 12. The highest BCUT2D eigenvalue weighted by atomic mass is 32.2. The summed E-state index contributed by atoms with van der Waals surface area (Å²) in [5.41, 5.74) is 1.10. The van der Waals surface area contributed by atoms with Crippen molar-refractivity contribution in [2.45, 2.75) is 24.0 Å². The number of amides is 1. The number of anilines is 1. The summed E-state index contributed by atoms with van der Waals surface area (Å²) in [6, 6.07) is 14.1. The molecule has 2 aromatic rings. The summed E-state index contributed by atoms with van der Waals surface area (Å²) >= 11 is 1.58. The predicted molar refractivity (Wildman–Crippen MR) is 122 cm³/mol. The lowest BCUT2D eigenvalue weighted by Gasteiger charge is -2.25. The second kappa shape index (κ2) is 13.4. The van der Waals surface area contributed by atoms with Gasteiger partial charge in [-0.15, -0.1) is 11.8 Å². The number of carbonyl (C=O) groups excluding carboxylic acids is 1. The van der Waals surface area contributed by atoms with Gasteiger partial charge in [-0.25, -0.2) is 9.59 Å². The fraction of sp³-hybridized carbons (Fsp3) is 0.304. The van der Waals surface area contributed by atoms with Crippen LogP contribution < -0.4 is 10.1 Å². The number of carboxylic acid groups (broad SMARTS) is 1. The number of benzene rings is 2. The van der Waals surface area contributed by atoms with Crippen LogP contribution in [0.25, 0.3) is 0 Å². The number of hydrogen-bond acceptors (Lipinski definition) is 7. The third-order valence-electron chi connectivity index (χ3n) is 4.20. The number of ether oxygens (including phenoxy) is 3. The summed E-state index contributed by atoms with van der Waals surface area (Å²) in [4.78, 5) is 24.8. The molecule has 0 aliphatic rings. The molecule has 2 atom stereocenters. The van der Waals surface area contributed by atoms with Gasteiger partial charge in [-0.05, 0) is 61.2 Å². The fourth-order valence-corrected chi connectivity index (χ4v) is 3.23.